The third kappa shape index (κ3) is 4.83. The third-order valence-corrected chi connectivity index (χ3v) is 5.14. The Morgan fingerprint density at radius 3 is 2.32 bits per heavy atom. The number of carbonyl (C=O) groups is 1. The van der Waals surface area contributed by atoms with Crippen molar-refractivity contribution in [1.82, 2.24) is 0 Å². The Morgan fingerprint density at radius 2 is 1.58 bits per heavy atom. The molecule has 0 aliphatic rings. The minimum atomic E-state index is -0.472. The van der Waals surface area contributed by atoms with Crippen LogP contribution in [0.5, 0.6) is 5.75 Å². The zero-order chi connectivity index (χ0) is 21.8. The van der Waals surface area contributed by atoms with Crippen molar-refractivity contribution < 1.29 is 18.7 Å². The molecule has 31 heavy (non-hydrogen) atoms. The molecule has 0 atom stereocenters. The van der Waals surface area contributed by atoms with Crippen LogP contribution >= 0.6 is 0 Å². The van der Waals surface area contributed by atoms with Crippen LogP contribution in [0.2, 0.25) is 0 Å². The van der Waals surface area contributed by atoms with Crippen LogP contribution in [0.3, 0.4) is 0 Å². The van der Waals surface area contributed by atoms with E-state index in [1.165, 1.54) is 6.07 Å². The zero-order valence-corrected chi connectivity index (χ0v) is 17.4. The van der Waals surface area contributed by atoms with E-state index in [0.29, 0.717) is 29.1 Å². The molecule has 1 heterocycles. The summed E-state index contributed by atoms with van der Waals surface area (Å²) in [4.78, 5) is 24.4. The molecule has 0 amide bonds. The van der Waals surface area contributed by atoms with Gasteiger partial charge in [-0.05, 0) is 66.9 Å². The van der Waals surface area contributed by atoms with Crippen LogP contribution in [0.25, 0.3) is 11.0 Å². The van der Waals surface area contributed by atoms with Crippen molar-refractivity contribution in [3.63, 3.8) is 0 Å². The highest BCUT2D eigenvalue weighted by molar-refractivity contribution is 5.90. The molecule has 0 spiro atoms. The van der Waals surface area contributed by atoms with Gasteiger partial charge in [0.25, 0.3) is 0 Å². The summed E-state index contributed by atoms with van der Waals surface area (Å²) in [6, 6.07) is 21.8. The Bertz CT molecular complexity index is 1270. The van der Waals surface area contributed by atoms with Crippen molar-refractivity contribution in [3.8, 4) is 5.75 Å². The first-order valence-corrected chi connectivity index (χ1v) is 9.97. The molecule has 0 saturated carbocycles. The highest BCUT2D eigenvalue weighted by Crippen LogP contribution is 2.23. The molecule has 0 fully saturated rings. The molecule has 0 bridgehead atoms. The van der Waals surface area contributed by atoms with Crippen LogP contribution in [0.4, 0.5) is 0 Å². The topological polar surface area (TPSA) is 65.7 Å². The maximum atomic E-state index is 12.5. The monoisotopic (exact) mass is 414 g/mol. The van der Waals surface area contributed by atoms with Gasteiger partial charge in [-0.1, -0.05) is 30.3 Å². The Morgan fingerprint density at radius 1 is 0.871 bits per heavy atom. The van der Waals surface area contributed by atoms with Crippen LogP contribution in [0.15, 0.2) is 82.0 Å². The van der Waals surface area contributed by atoms with Crippen LogP contribution in [0.1, 0.15) is 32.6 Å². The lowest BCUT2D eigenvalue weighted by molar-refractivity contribution is 0.0474. The van der Waals surface area contributed by atoms with E-state index in [0.717, 1.165) is 22.1 Å². The molecule has 0 saturated heterocycles. The summed E-state index contributed by atoms with van der Waals surface area (Å²) >= 11 is 0. The van der Waals surface area contributed by atoms with Crippen LogP contribution in [-0.2, 0) is 18.0 Å². The standard InChI is InChI=1S/C26H22O5/c1-17-12-23-21(14-25(27)31-24(23)13-18(17)2)16-30-26(28)20-8-10-22(11-9-20)29-15-19-6-4-3-5-7-19/h3-14H,15-16H2,1-2H3. The fourth-order valence-electron chi connectivity index (χ4n) is 3.26. The van der Waals surface area contributed by atoms with Crippen molar-refractivity contribution in [2.75, 3.05) is 0 Å². The number of carbonyl (C=O) groups excluding carboxylic acids is 1. The molecule has 0 aliphatic carbocycles. The molecule has 0 aliphatic heterocycles. The fourth-order valence-corrected chi connectivity index (χ4v) is 3.26. The van der Waals surface area contributed by atoms with E-state index in [9.17, 15) is 9.59 Å². The summed E-state index contributed by atoms with van der Waals surface area (Å²) in [6.45, 7) is 4.37. The number of fused-ring (bicyclic) bond motifs is 1. The van der Waals surface area contributed by atoms with E-state index in [2.05, 4.69) is 0 Å². The van der Waals surface area contributed by atoms with Gasteiger partial charge in [-0.3, -0.25) is 0 Å². The Kier molecular flexibility index (Phi) is 5.85. The summed E-state index contributed by atoms with van der Waals surface area (Å²) < 4.78 is 16.5. The molecular weight excluding hydrogens is 392 g/mol. The lowest BCUT2D eigenvalue weighted by atomic mass is 10.0. The largest absolute Gasteiger partial charge is 0.489 e. The summed E-state index contributed by atoms with van der Waals surface area (Å²) in [6.07, 6.45) is 0. The first-order chi connectivity index (χ1) is 15.0. The lowest BCUT2D eigenvalue weighted by Gasteiger charge is -2.10. The van der Waals surface area contributed by atoms with Crippen LogP contribution in [0, 0.1) is 13.8 Å². The van der Waals surface area contributed by atoms with Gasteiger partial charge in [0.15, 0.2) is 0 Å². The van der Waals surface area contributed by atoms with Gasteiger partial charge < -0.3 is 13.9 Å². The maximum absolute atomic E-state index is 12.5. The summed E-state index contributed by atoms with van der Waals surface area (Å²) in [5, 5.41) is 0.764. The van der Waals surface area contributed by atoms with Gasteiger partial charge in [0.1, 0.15) is 24.5 Å². The third-order valence-electron chi connectivity index (χ3n) is 5.14. The van der Waals surface area contributed by atoms with Gasteiger partial charge >= 0.3 is 11.6 Å². The van der Waals surface area contributed by atoms with Crippen molar-refractivity contribution >= 4 is 16.9 Å². The lowest BCUT2D eigenvalue weighted by Crippen LogP contribution is -2.08. The number of ether oxygens (including phenoxy) is 2. The van der Waals surface area contributed by atoms with E-state index in [1.54, 1.807) is 24.3 Å². The van der Waals surface area contributed by atoms with Crippen LogP contribution < -0.4 is 10.4 Å². The van der Waals surface area contributed by atoms with Crippen molar-refractivity contribution in [2.24, 2.45) is 0 Å². The van der Waals surface area contributed by atoms with E-state index in [4.69, 9.17) is 13.9 Å². The van der Waals surface area contributed by atoms with E-state index in [-0.39, 0.29) is 6.61 Å². The van der Waals surface area contributed by atoms with E-state index in [1.807, 2.05) is 56.3 Å². The smallest absolute Gasteiger partial charge is 0.338 e. The number of hydrogen-bond acceptors (Lipinski definition) is 5. The Hall–Kier alpha value is -3.86. The van der Waals surface area contributed by atoms with Gasteiger partial charge in [-0.15, -0.1) is 0 Å². The number of rotatable bonds is 6. The number of benzene rings is 3. The van der Waals surface area contributed by atoms with Gasteiger partial charge in [0.2, 0.25) is 0 Å². The van der Waals surface area contributed by atoms with Gasteiger partial charge in [-0.25, -0.2) is 9.59 Å². The van der Waals surface area contributed by atoms with E-state index < -0.39 is 11.6 Å². The first-order valence-electron chi connectivity index (χ1n) is 9.97. The Labute approximate surface area is 179 Å². The molecule has 4 aromatic rings. The summed E-state index contributed by atoms with van der Waals surface area (Å²) in [5.74, 6) is 0.192. The van der Waals surface area contributed by atoms with Crippen molar-refractivity contribution in [3.05, 3.63) is 111 Å². The fraction of sp³-hybridized carbons (Fsp3) is 0.154. The summed E-state index contributed by atoms with van der Waals surface area (Å²) in [5.41, 5.74) is 4.20. The average Bonchev–Trinajstić information content (AvgIpc) is 2.78. The molecule has 1 aromatic heterocycles. The molecule has 4 rings (SSSR count). The molecule has 0 radical (unpaired) electrons. The highest BCUT2D eigenvalue weighted by Gasteiger charge is 2.12. The average molecular weight is 414 g/mol. The number of aryl methyl sites for hydroxylation is 2. The van der Waals surface area contributed by atoms with Crippen molar-refractivity contribution in [1.29, 1.82) is 0 Å². The number of hydrogen-bond donors (Lipinski definition) is 0. The van der Waals surface area contributed by atoms with E-state index >= 15 is 0 Å². The predicted octanol–water partition coefficient (Wildman–Crippen LogP) is 5.35. The van der Waals surface area contributed by atoms with Crippen LogP contribution in [-0.4, -0.2) is 5.97 Å². The molecule has 5 heteroatoms. The second-order valence-electron chi connectivity index (χ2n) is 7.40. The van der Waals surface area contributed by atoms with Gasteiger partial charge in [0, 0.05) is 17.0 Å². The quantitative estimate of drug-likeness (QED) is 0.314. The predicted molar refractivity (Wildman–Crippen MR) is 118 cm³/mol. The van der Waals surface area contributed by atoms with Gasteiger partial charge in [0.05, 0.1) is 5.56 Å². The second kappa shape index (κ2) is 8.88. The molecule has 3 aromatic carbocycles. The summed E-state index contributed by atoms with van der Waals surface area (Å²) in [7, 11) is 0. The minimum absolute atomic E-state index is 0.0182. The number of esters is 1. The first kappa shape index (κ1) is 20.4. The zero-order valence-electron chi connectivity index (χ0n) is 17.4. The molecule has 156 valence electrons. The van der Waals surface area contributed by atoms with Crippen molar-refractivity contribution in [2.45, 2.75) is 27.1 Å². The highest BCUT2D eigenvalue weighted by atomic mass is 16.5. The Balaban J connectivity index is 1.43. The molecule has 5 nitrogen and oxygen atoms in total. The molecular formula is C26H22O5. The molecule has 0 unspecified atom stereocenters. The normalized spacial score (nSPS) is 10.8. The maximum Gasteiger partial charge on any atom is 0.338 e. The SMILES string of the molecule is Cc1cc2oc(=O)cc(COC(=O)c3ccc(OCc4ccccc4)cc3)c2cc1C. The second-order valence-corrected chi connectivity index (χ2v) is 7.40. The minimum Gasteiger partial charge on any atom is -0.489 e. The van der Waals surface area contributed by atoms with Gasteiger partial charge in [-0.2, -0.15) is 0 Å². The molecule has 0 N–H and O–H groups in total.